The van der Waals surface area contributed by atoms with Crippen molar-refractivity contribution in [3.05, 3.63) is 42.0 Å². The number of carbonyl (C=O) groups is 1. The summed E-state index contributed by atoms with van der Waals surface area (Å²) in [6.07, 6.45) is 0.212. The fourth-order valence-electron chi connectivity index (χ4n) is 1.77. The molecule has 0 aromatic heterocycles. The monoisotopic (exact) mass is 215 g/mol. The first kappa shape index (κ1) is 10.5. The van der Waals surface area contributed by atoms with Crippen molar-refractivity contribution in [2.24, 2.45) is 0 Å². The molecule has 0 bridgehead atoms. The molecular formula is C13H13NO2. The molecule has 3 nitrogen and oxygen atoms in total. The quantitative estimate of drug-likeness (QED) is 0.616. The van der Waals surface area contributed by atoms with Crippen LogP contribution in [0, 0.1) is 0 Å². The minimum absolute atomic E-state index is 0.212. The van der Waals surface area contributed by atoms with Crippen LogP contribution in [-0.2, 0) is 16.0 Å². The van der Waals surface area contributed by atoms with Crippen LogP contribution in [0.4, 0.5) is 5.69 Å². The number of nitrogen functional groups attached to an aromatic ring is 1. The Bertz CT molecular complexity index is 534. The van der Waals surface area contributed by atoms with Gasteiger partial charge in [0.2, 0.25) is 0 Å². The molecule has 16 heavy (non-hydrogen) atoms. The molecule has 0 spiro atoms. The zero-order valence-corrected chi connectivity index (χ0v) is 9.07. The molecule has 0 fully saturated rings. The number of benzene rings is 2. The first-order chi connectivity index (χ1) is 7.72. The molecule has 82 valence electrons. The molecule has 0 aliphatic rings. The lowest BCUT2D eigenvalue weighted by Crippen LogP contribution is -2.07. The molecule has 0 heterocycles. The summed E-state index contributed by atoms with van der Waals surface area (Å²) in [7, 11) is 1.38. The van der Waals surface area contributed by atoms with Gasteiger partial charge in [-0.15, -0.1) is 0 Å². The first-order valence-corrected chi connectivity index (χ1v) is 5.05. The number of fused-ring (bicyclic) bond motifs is 1. The van der Waals surface area contributed by atoms with E-state index in [2.05, 4.69) is 4.74 Å². The van der Waals surface area contributed by atoms with Gasteiger partial charge in [0.15, 0.2) is 0 Å². The van der Waals surface area contributed by atoms with E-state index in [0.29, 0.717) is 5.69 Å². The number of carbonyl (C=O) groups excluding carboxylic acids is 1. The van der Waals surface area contributed by atoms with Gasteiger partial charge in [-0.2, -0.15) is 0 Å². The lowest BCUT2D eigenvalue weighted by molar-refractivity contribution is -0.139. The average molecular weight is 215 g/mol. The van der Waals surface area contributed by atoms with E-state index in [-0.39, 0.29) is 12.4 Å². The van der Waals surface area contributed by atoms with E-state index in [9.17, 15) is 4.79 Å². The van der Waals surface area contributed by atoms with Gasteiger partial charge in [0.05, 0.1) is 13.5 Å². The molecule has 0 aliphatic carbocycles. The van der Waals surface area contributed by atoms with Gasteiger partial charge in [0, 0.05) is 5.69 Å². The van der Waals surface area contributed by atoms with E-state index < -0.39 is 0 Å². The molecule has 0 aliphatic heterocycles. The molecule has 0 saturated heterocycles. The maximum Gasteiger partial charge on any atom is 0.310 e. The maximum absolute atomic E-state index is 11.3. The Kier molecular flexibility index (Phi) is 2.77. The number of ether oxygens (including phenoxy) is 1. The van der Waals surface area contributed by atoms with E-state index in [1.165, 1.54) is 7.11 Å². The zero-order valence-electron chi connectivity index (χ0n) is 9.07. The molecule has 0 saturated carbocycles. The average Bonchev–Trinajstić information content (AvgIpc) is 2.32. The number of rotatable bonds is 2. The first-order valence-electron chi connectivity index (χ1n) is 5.05. The van der Waals surface area contributed by atoms with Crippen LogP contribution < -0.4 is 5.73 Å². The minimum atomic E-state index is -0.275. The Labute approximate surface area is 93.8 Å². The van der Waals surface area contributed by atoms with Crippen LogP contribution in [0.5, 0.6) is 0 Å². The van der Waals surface area contributed by atoms with Crippen molar-refractivity contribution in [2.75, 3.05) is 12.8 Å². The molecule has 2 N–H and O–H groups in total. The van der Waals surface area contributed by atoms with Crippen LogP contribution in [0.2, 0.25) is 0 Å². The molecule has 2 aromatic rings. The second-order valence-corrected chi connectivity index (χ2v) is 3.61. The lowest BCUT2D eigenvalue weighted by Gasteiger charge is -2.08. The third-order valence-corrected chi connectivity index (χ3v) is 2.63. The highest BCUT2D eigenvalue weighted by molar-refractivity contribution is 5.92. The van der Waals surface area contributed by atoms with E-state index >= 15 is 0 Å². The van der Waals surface area contributed by atoms with Crippen molar-refractivity contribution >= 4 is 22.4 Å². The number of methoxy groups -OCH3 is 1. The molecular weight excluding hydrogens is 202 g/mol. The highest BCUT2D eigenvalue weighted by atomic mass is 16.5. The Morgan fingerprint density at radius 1 is 1.25 bits per heavy atom. The number of anilines is 1. The molecule has 0 atom stereocenters. The van der Waals surface area contributed by atoms with Gasteiger partial charge in [-0.1, -0.05) is 30.3 Å². The number of hydrogen-bond donors (Lipinski definition) is 1. The predicted octanol–water partition coefficient (Wildman–Crippen LogP) is 2.14. The van der Waals surface area contributed by atoms with Gasteiger partial charge in [-0.25, -0.2) is 0 Å². The summed E-state index contributed by atoms with van der Waals surface area (Å²) in [6, 6.07) is 11.6. The van der Waals surface area contributed by atoms with Crippen molar-refractivity contribution in [2.45, 2.75) is 6.42 Å². The number of esters is 1. The maximum atomic E-state index is 11.3. The highest BCUT2D eigenvalue weighted by Gasteiger charge is 2.09. The van der Waals surface area contributed by atoms with Crippen LogP contribution in [0.15, 0.2) is 36.4 Å². The fourth-order valence-corrected chi connectivity index (χ4v) is 1.77. The standard InChI is InChI=1S/C13H13NO2/c1-16-13(15)8-11-10-5-3-2-4-9(10)6-7-12(11)14/h2-7H,8,14H2,1H3. The molecule has 0 unspecified atom stereocenters. The molecule has 2 rings (SSSR count). The Morgan fingerprint density at radius 3 is 2.75 bits per heavy atom. The fraction of sp³-hybridized carbons (Fsp3) is 0.154. The number of hydrogen-bond acceptors (Lipinski definition) is 3. The summed E-state index contributed by atoms with van der Waals surface area (Å²) in [5.41, 5.74) is 7.35. The summed E-state index contributed by atoms with van der Waals surface area (Å²) >= 11 is 0. The zero-order chi connectivity index (χ0) is 11.5. The molecule has 3 heteroatoms. The molecule has 2 aromatic carbocycles. The van der Waals surface area contributed by atoms with Gasteiger partial charge >= 0.3 is 5.97 Å². The van der Waals surface area contributed by atoms with E-state index in [1.807, 2.05) is 36.4 Å². The van der Waals surface area contributed by atoms with Gasteiger partial charge in [-0.05, 0) is 22.4 Å². The van der Waals surface area contributed by atoms with Gasteiger partial charge in [0.25, 0.3) is 0 Å². The third-order valence-electron chi connectivity index (χ3n) is 2.63. The van der Waals surface area contributed by atoms with Crippen molar-refractivity contribution in [3.63, 3.8) is 0 Å². The van der Waals surface area contributed by atoms with Gasteiger partial charge < -0.3 is 10.5 Å². The van der Waals surface area contributed by atoms with Crippen molar-refractivity contribution in [3.8, 4) is 0 Å². The van der Waals surface area contributed by atoms with E-state index in [1.54, 1.807) is 0 Å². The normalized spacial score (nSPS) is 10.3. The summed E-state index contributed by atoms with van der Waals surface area (Å²) in [6.45, 7) is 0. The van der Waals surface area contributed by atoms with Crippen LogP contribution in [0.1, 0.15) is 5.56 Å². The van der Waals surface area contributed by atoms with Crippen molar-refractivity contribution < 1.29 is 9.53 Å². The second-order valence-electron chi connectivity index (χ2n) is 3.61. The smallest absolute Gasteiger partial charge is 0.310 e. The summed E-state index contributed by atoms with van der Waals surface area (Å²) < 4.78 is 4.66. The molecule has 0 amide bonds. The van der Waals surface area contributed by atoms with Crippen molar-refractivity contribution in [1.29, 1.82) is 0 Å². The second kappa shape index (κ2) is 4.23. The van der Waals surface area contributed by atoms with Gasteiger partial charge in [0.1, 0.15) is 0 Å². The largest absolute Gasteiger partial charge is 0.469 e. The summed E-state index contributed by atoms with van der Waals surface area (Å²) in [5.74, 6) is -0.275. The topological polar surface area (TPSA) is 52.3 Å². The van der Waals surface area contributed by atoms with E-state index in [4.69, 9.17) is 5.73 Å². The van der Waals surface area contributed by atoms with Crippen LogP contribution in [0.25, 0.3) is 10.8 Å². The highest BCUT2D eigenvalue weighted by Crippen LogP contribution is 2.24. The SMILES string of the molecule is COC(=O)Cc1c(N)ccc2ccccc12. The van der Waals surface area contributed by atoms with Crippen LogP contribution >= 0.6 is 0 Å². The van der Waals surface area contributed by atoms with Crippen LogP contribution in [-0.4, -0.2) is 13.1 Å². The van der Waals surface area contributed by atoms with Crippen molar-refractivity contribution in [1.82, 2.24) is 0 Å². The van der Waals surface area contributed by atoms with Gasteiger partial charge in [-0.3, -0.25) is 4.79 Å². The Morgan fingerprint density at radius 2 is 2.00 bits per heavy atom. The predicted molar refractivity (Wildman–Crippen MR) is 64.1 cm³/mol. The number of nitrogens with two attached hydrogens (primary N) is 1. The Hall–Kier alpha value is -2.03. The molecule has 0 radical (unpaired) electrons. The lowest BCUT2D eigenvalue weighted by atomic mass is 10.0. The minimum Gasteiger partial charge on any atom is -0.469 e. The van der Waals surface area contributed by atoms with E-state index in [0.717, 1.165) is 16.3 Å². The summed E-state index contributed by atoms with van der Waals surface area (Å²) in [5, 5.41) is 2.09. The summed E-state index contributed by atoms with van der Waals surface area (Å²) in [4.78, 5) is 11.3. The van der Waals surface area contributed by atoms with Crippen LogP contribution in [0.3, 0.4) is 0 Å². The Balaban J connectivity index is 2.57. The third kappa shape index (κ3) is 1.84.